The lowest BCUT2D eigenvalue weighted by Gasteiger charge is -2.35. The van der Waals surface area contributed by atoms with Crippen LogP contribution in [0, 0.1) is 5.92 Å². The molecule has 31 heavy (non-hydrogen) atoms. The highest BCUT2D eigenvalue weighted by Crippen LogP contribution is 2.43. The second-order valence-electron chi connectivity index (χ2n) is 9.00. The molecular weight excluding hydrogens is 420 g/mol. The van der Waals surface area contributed by atoms with Gasteiger partial charge in [0.2, 0.25) is 12.7 Å². The summed E-state index contributed by atoms with van der Waals surface area (Å²) < 4.78 is 16.2. The van der Waals surface area contributed by atoms with E-state index in [0.717, 1.165) is 24.9 Å². The van der Waals surface area contributed by atoms with E-state index in [2.05, 4.69) is 18.7 Å². The fraction of sp³-hybridized carbons (Fsp3) is 0.652. The average molecular weight is 451 g/mol. The number of halogens is 1. The largest absolute Gasteiger partial charge is 0.464 e. The molecule has 7 nitrogen and oxygen atoms in total. The molecule has 2 fully saturated rings. The maximum atomic E-state index is 13.7. The molecule has 0 radical (unpaired) electrons. The minimum atomic E-state index is -0.582. The van der Waals surface area contributed by atoms with Crippen molar-refractivity contribution < 1.29 is 23.8 Å². The van der Waals surface area contributed by atoms with Crippen LogP contribution >= 0.6 is 11.6 Å². The second kappa shape index (κ2) is 8.87. The number of ether oxygens (including phenoxy) is 3. The first-order chi connectivity index (χ1) is 14.9. The van der Waals surface area contributed by atoms with Crippen LogP contribution in [-0.2, 0) is 20.9 Å². The summed E-state index contributed by atoms with van der Waals surface area (Å²) in [6.07, 6.45) is 3.05. The van der Waals surface area contributed by atoms with Gasteiger partial charge in [0.05, 0.1) is 6.61 Å². The predicted molar refractivity (Wildman–Crippen MR) is 116 cm³/mol. The molecular formula is C23H31ClN2O5. The molecule has 2 saturated heterocycles. The van der Waals surface area contributed by atoms with Gasteiger partial charge in [-0.3, -0.25) is 9.69 Å². The summed E-state index contributed by atoms with van der Waals surface area (Å²) in [4.78, 5) is 30.4. The van der Waals surface area contributed by atoms with Crippen LogP contribution in [-0.4, -0.2) is 59.7 Å². The second-order valence-corrected chi connectivity index (χ2v) is 9.41. The SMILES string of the molecule is CCOC(=O)[C@H](CC(C)C)N1CC[C@@]2(CCCN2Cc2cc3c(cc2Cl)OCO3)C1=O. The van der Waals surface area contributed by atoms with Crippen molar-refractivity contribution in [3.8, 4) is 11.5 Å². The lowest BCUT2D eigenvalue weighted by Crippen LogP contribution is -2.53. The van der Waals surface area contributed by atoms with E-state index in [-0.39, 0.29) is 24.6 Å². The Morgan fingerprint density at radius 3 is 2.68 bits per heavy atom. The summed E-state index contributed by atoms with van der Waals surface area (Å²) in [5.41, 5.74) is 0.337. The molecule has 0 aliphatic carbocycles. The van der Waals surface area contributed by atoms with Crippen LogP contribution in [0.5, 0.6) is 11.5 Å². The molecule has 4 rings (SSSR count). The van der Waals surface area contributed by atoms with E-state index in [1.54, 1.807) is 17.9 Å². The van der Waals surface area contributed by atoms with Gasteiger partial charge >= 0.3 is 5.97 Å². The van der Waals surface area contributed by atoms with Crippen molar-refractivity contribution in [1.29, 1.82) is 0 Å². The number of hydrogen-bond donors (Lipinski definition) is 0. The van der Waals surface area contributed by atoms with Gasteiger partial charge in [-0.25, -0.2) is 4.79 Å². The third-order valence-corrected chi connectivity index (χ3v) is 6.93. The molecule has 3 aliphatic heterocycles. The topological polar surface area (TPSA) is 68.3 Å². The number of amides is 1. The molecule has 1 amide bonds. The minimum absolute atomic E-state index is 0.0422. The summed E-state index contributed by atoms with van der Waals surface area (Å²) in [7, 11) is 0. The van der Waals surface area contributed by atoms with Gasteiger partial charge in [0.15, 0.2) is 11.5 Å². The molecule has 0 aromatic heterocycles. The summed E-state index contributed by atoms with van der Waals surface area (Å²) in [6, 6.07) is 3.17. The monoisotopic (exact) mass is 450 g/mol. The molecule has 0 unspecified atom stereocenters. The zero-order chi connectivity index (χ0) is 22.2. The number of esters is 1. The van der Waals surface area contributed by atoms with Gasteiger partial charge < -0.3 is 19.1 Å². The lowest BCUT2D eigenvalue weighted by atomic mass is 9.93. The molecule has 3 aliphatic rings. The van der Waals surface area contributed by atoms with Crippen LogP contribution in [0.4, 0.5) is 0 Å². The van der Waals surface area contributed by atoms with Crippen molar-refractivity contribution in [1.82, 2.24) is 9.80 Å². The van der Waals surface area contributed by atoms with Crippen LogP contribution in [0.1, 0.15) is 52.0 Å². The summed E-state index contributed by atoms with van der Waals surface area (Å²) >= 11 is 6.51. The van der Waals surface area contributed by atoms with E-state index in [0.29, 0.717) is 49.1 Å². The molecule has 0 bridgehead atoms. The Labute approximate surface area is 188 Å². The smallest absolute Gasteiger partial charge is 0.328 e. The number of likely N-dealkylation sites (tertiary alicyclic amines) is 2. The first kappa shape index (κ1) is 22.2. The first-order valence-electron chi connectivity index (χ1n) is 11.2. The van der Waals surface area contributed by atoms with E-state index in [9.17, 15) is 9.59 Å². The van der Waals surface area contributed by atoms with Crippen LogP contribution in [0.15, 0.2) is 12.1 Å². The number of nitrogens with zero attached hydrogens (tertiary/aromatic N) is 2. The quantitative estimate of drug-likeness (QED) is 0.591. The highest BCUT2D eigenvalue weighted by molar-refractivity contribution is 6.31. The standard InChI is InChI=1S/C23H31ClN2O5/c1-4-29-21(27)18(10-15(2)3)26-9-7-23(22(26)28)6-5-8-25(23)13-16-11-19-20(12-17(16)24)31-14-30-19/h11-12,15,18H,4-10,13-14H2,1-3H3/t18-,23-/m0/s1. The highest BCUT2D eigenvalue weighted by Gasteiger charge is 2.55. The molecule has 0 saturated carbocycles. The molecule has 170 valence electrons. The number of carbonyl (C=O) groups is 2. The summed E-state index contributed by atoms with van der Waals surface area (Å²) in [5, 5.41) is 0.609. The Hall–Kier alpha value is -1.99. The lowest BCUT2D eigenvalue weighted by molar-refractivity contribution is -0.156. The van der Waals surface area contributed by atoms with Gasteiger partial charge in [-0.05, 0) is 56.7 Å². The van der Waals surface area contributed by atoms with Crippen LogP contribution < -0.4 is 9.47 Å². The van der Waals surface area contributed by atoms with Crippen molar-refractivity contribution in [3.63, 3.8) is 0 Å². The molecule has 8 heteroatoms. The molecule has 3 heterocycles. The van der Waals surface area contributed by atoms with Crippen molar-refractivity contribution in [2.24, 2.45) is 5.92 Å². The zero-order valence-electron chi connectivity index (χ0n) is 18.5. The molecule has 1 aromatic carbocycles. The van der Waals surface area contributed by atoms with E-state index < -0.39 is 11.6 Å². The summed E-state index contributed by atoms with van der Waals surface area (Å²) in [6.45, 7) is 8.38. The normalized spacial score (nSPS) is 23.9. The first-order valence-corrected chi connectivity index (χ1v) is 11.5. The summed E-state index contributed by atoms with van der Waals surface area (Å²) in [5.74, 6) is 1.36. The van der Waals surface area contributed by atoms with Gasteiger partial charge in [0.25, 0.3) is 0 Å². The van der Waals surface area contributed by atoms with Crippen molar-refractivity contribution in [2.75, 3.05) is 26.5 Å². The van der Waals surface area contributed by atoms with Gasteiger partial charge in [-0.1, -0.05) is 25.4 Å². The minimum Gasteiger partial charge on any atom is -0.464 e. The molecule has 0 N–H and O–H groups in total. The fourth-order valence-electron chi connectivity index (χ4n) is 5.09. The highest BCUT2D eigenvalue weighted by atomic mass is 35.5. The number of rotatable bonds is 7. The van der Waals surface area contributed by atoms with Crippen LogP contribution in [0.2, 0.25) is 5.02 Å². The maximum Gasteiger partial charge on any atom is 0.328 e. The Balaban J connectivity index is 1.56. The number of benzene rings is 1. The van der Waals surface area contributed by atoms with Gasteiger partial charge in [0, 0.05) is 24.2 Å². The number of carbonyl (C=O) groups excluding carboxylic acids is 2. The number of fused-ring (bicyclic) bond motifs is 1. The van der Waals surface area contributed by atoms with Crippen LogP contribution in [0.3, 0.4) is 0 Å². The van der Waals surface area contributed by atoms with Crippen molar-refractivity contribution >= 4 is 23.5 Å². The third-order valence-electron chi connectivity index (χ3n) is 6.58. The molecule has 1 aromatic rings. The Morgan fingerprint density at radius 1 is 1.23 bits per heavy atom. The number of hydrogen-bond acceptors (Lipinski definition) is 6. The van der Waals surface area contributed by atoms with E-state index in [1.165, 1.54) is 0 Å². The van der Waals surface area contributed by atoms with E-state index in [4.69, 9.17) is 25.8 Å². The average Bonchev–Trinajstić information content (AvgIpc) is 3.42. The third kappa shape index (κ3) is 4.10. The van der Waals surface area contributed by atoms with Crippen molar-refractivity contribution in [2.45, 2.75) is 64.6 Å². The Bertz CT molecular complexity index is 861. The van der Waals surface area contributed by atoms with Gasteiger partial charge in [-0.15, -0.1) is 0 Å². The molecule has 1 spiro atoms. The van der Waals surface area contributed by atoms with Gasteiger partial charge in [-0.2, -0.15) is 0 Å². The van der Waals surface area contributed by atoms with Crippen molar-refractivity contribution in [3.05, 3.63) is 22.7 Å². The predicted octanol–water partition coefficient (Wildman–Crippen LogP) is 3.61. The molecule has 2 atom stereocenters. The Kier molecular flexibility index (Phi) is 6.35. The van der Waals surface area contributed by atoms with Gasteiger partial charge in [0.1, 0.15) is 11.6 Å². The van der Waals surface area contributed by atoms with E-state index >= 15 is 0 Å². The fourth-order valence-corrected chi connectivity index (χ4v) is 5.30. The van der Waals surface area contributed by atoms with Crippen LogP contribution in [0.25, 0.3) is 0 Å². The Morgan fingerprint density at radius 2 is 1.97 bits per heavy atom. The zero-order valence-corrected chi connectivity index (χ0v) is 19.2. The maximum absolute atomic E-state index is 13.7. The van der Waals surface area contributed by atoms with E-state index in [1.807, 2.05) is 6.07 Å².